The van der Waals surface area contributed by atoms with E-state index in [0.717, 1.165) is 0 Å². The maximum atomic E-state index is 13.4. The number of benzene rings is 1. The molecule has 0 bridgehead atoms. The molecule has 0 aliphatic carbocycles. The number of nitrogens with two attached hydrogens (primary N) is 2. The number of carbonyl (C=O) groups is 3. The molecule has 1 heterocycles. The van der Waals surface area contributed by atoms with Crippen molar-refractivity contribution < 1.29 is 28.8 Å². The molecule has 0 aliphatic rings. The highest BCUT2D eigenvalue weighted by molar-refractivity contribution is 7.93. The van der Waals surface area contributed by atoms with Crippen molar-refractivity contribution >= 4 is 39.1 Å². The number of hydrogen-bond acceptors (Lipinski definition) is 7. The lowest BCUT2D eigenvalue weighted by atomic mass is 10.1. The van der Waals surface area contributed by atoms with E-state index in [2.05, 4.69) is 21.2 Å². The predicted octanol–water partition coefficient (Wildman–Crippen LogP) is 2.76. The molecule has 0 aliphatic heterocycles. The standard InChI is InChI=1S/C24H28N4O6S/c25-20-7-5-6-17(14-20)10-11-18-15-19(16-27-23(18)26)24(33)28-35(34,12-3-1-8-21(29)30)13-4-2-9-22(31)32/h5-7,14-16H,1-4,8-9,12-13,25H2,(H2,26,27)(H,29,30)(H,31,32). The summed E-state index contributed by atoms with van der Waals surface area (Å²) in [5.74, 6) is 3.23. The molecule has 10 nitrogen and oxygen atoms in total. The number of carboxylic acids is 2. The molecule has 11 heteroatoms. The van der Waals surface area contributed by atoms with Crippen LogP contribution in [-0.2, 0) is 19.3 Å². The van der Waals surface area contributed by atoms with Gasteiger partial charge in [-0.05, 0) is 49.9 Å². The van der Waals surface area contributed by atoms with E-state index in [-0.39, 0.29) is 35.7 Å². The van der Waals surface area contributed by atoms with Gasteiger partial charge >= 0.3 is 11.9 Å². The van der Waals surface area contributed by atoms with E-state index in [1.807, 2.05) is 0 Å². The van der Waals surface area contributed by atoms with Gasteiger partial charge in [-0.15, -0.1) is 0 Å². The number of unbranched alkanes of at least 4 members (excludes halogenated alkanes) is 2. The van der Waals surface area contributed by atoms with Gasteiger partial charge in [-0.1, -0.05) is 17.9 Å². The Labute approximate surface area is 203 Å². The number of hydrogen-bond donors (Lipinski definition) is 4. The van der Waals surface area contributed by atoms with Gasteiger partial charge < -0.3 is 21.7 Å². The van der Waals surface area contributed by atoms with Crippen molar-refractivity contribution in [1.29, 1.82) is 0 Å². The van der Waals surface area contributed by atoms with Gasteiger partial charge in [0.1, 0.15) is 5.82 Å². The highest BCUT2D eigenvalue weighted by Gasteiger charge is 2.16. The number of carbonyl (C=O) groups excluding carboxylic acids is 1. The van der Waals surface area contributed by atoms with Crippen molar-refractivity contribution in [2.45, 2.75) is 38.5 Å². The van der Waals surface area contributed by atoms with Crippen LogP contribution in [0.5, 0.6) is 0 Å². The highest BCUT2D eigenvalue weighted by atomic mass is 32.2. The zero-order chi connectivity index (χ0) is 25.8. The van der Waals surface area contributed by atoms with Crippen molar-refractivity contribution in [2.24, 2.45) is 4.36 Å². The first-order chi connectivity index (χ1) is 16.6. The van der Waals surface area contributed by atoms with Crippen molar-refractivity contribution in [1.82, 2.24) is 4.98 Å². The number of pyridine rings is 1. The molecule has 0 fully saturated rings. The van der Waals surface area contributed by atoms with E-state index in [1.165, 1.54) is 12.3 Å². The van der Waals surface area contributed by atoms with Gasteiger partial charge in [0, 0.05) is 41.8 Å². The molecule has 35 heavy (non-hydrogen) atoms. The summed E-state index contributed by atoms with van der Waals surface area (Å²) in [6, 6.07) is 8.35. The summed E-state index contributed by atoms with van der Waals surface area (Å²) in [5.41, 5.74) is 13.2. The normalized spacial score (nSPS) is 10.7. The Morgan fingerprint density at radius 2 is 1.57 bits per heavy atom. The first-order valence-electron chi connectivity index (χ1n) is 10.9. The summed E-state index contributed by atoms with van der Waals surface area (Å²) >= 11 is 0. The molecule has 1 aromatic heterocycles. The molecule has 1 amide bonds. The zero-order valence-electron chi connectivity index (χ0n) is 19.1. The second kappa shape index (κ2) is 13.1. The topological polar surface area (TPSA) is 186 Å². The van der Waals surface area contributed by atoms with Gasteiger partial charge in [-0.2, -0.15) is 4.36 Å². The molecule has 0 radical (unpaired) electrons. The lowest BCUT2D eigenvalue weighted by Gasteiger charge is -2.10. The van der Waals surface area contributed by atoms with Crippen LogP contribution < -0.4 is 11.5 Å². The van der Waals surface area contributed by atoms with Crippen LogP contribution in [0, 0.1) is 11.8 Å². The zero-order valence-corrected chi connectivity index (χ0v) is 19.9. The maximum Gasteiger partial charge on any atom is 0.303 e. The highest BCUT2D eigenvalue weighted by Crippen LogP contribution is 2.15. The first kappa shape index (κ1) is 27.3. The molecule has 186 valence electrons. The molecule has 0 saturated carbocycles. The van der Waals surface area contributed by atoms with Crippen LogP contribution >= 0.6 is 0 Å². The number of rotatable bonds is 11. The van der Waals surface area contributed by atoms with Crippen LogP contribution in [0.2, 0.25) is 0 Å². The van der Waals surface area contributed by atoms with Crippen molar-refractivity contribution in [3.63, 3.8) is 0 Å². The monoisotopic (exact) mass is 500 g/mol. The third-order valence-corrected chi connectivity index (χ3v) is 7.20. The van der Waals surface area contributed by atoms with Crippen molar-refractivity contribution in [3.05, 3.63) is 53.2 Å². The molecule has 0 unspecified atom stereocenters. The lowest BCUT2D eigenvalue weighted by molar-refractivity contribution is -0.138. The van der Waals surface area contributed by atoms with Gasteiger partial charge in [-0.3, -0.25) is 14.4 Å². The molecule has 2 rings (SSSR count). The first-order valence-corrected chi connectivity index (χ1v) is 12.8. The second-order valence-electron chi connectivity index (χ2n) is 7.81. The third-order valence-electron chi connectivity index (χ3n) is 4.85. The molecular weight excluding hydrogens is 472 g/mol. The van der Waals surface area contributed by atoms with Crippen LogP contribution in [0.1, 0.15) is 60.0 Å². The number of aliphatic carboxylic acids is 2. The predicted molar refractivity (Wildman–Crippen MR) is 133 cm³/mol. The Morgan fingerprint density at radius 3 is 2.14 bits per heavy atom. The summed E-state index contributed by atoms with van der Waals surface area (Å²) in [4.78, 5) is 38.3. The van der Waals surface area contributed by atoms with E-state index in [4.69, 9.17) is 21.7 Å². The minimum atomic E-state index is -3.03. The van der Waals surface area contributed by atoms with Crippen LogP contribution in [0.25, 0.3) is 0 Å². The van der Waals surface area contributed by atoms with E-state index >= 15 is 0 Å². The quantitative estimate of drug-likeness (QED) is 0.204. The molecular formula is C24H28N4O6S. The smallest absolute Gasteiger partial charge is 0.303 e. The number of carboxylic acid groups (broad SMARTS) is 2. The van der Waals surface area contributed by atoms with Crippen LogP contribution in [-0.4, -0.2) is 48.8 Å². The van der Waals surface area contributed by atoms with Gasteiger partial charge in [0.15, 0.2) is 0 Å². The lowest BCUT2D eigenvalue weighted by Crippen LogP contribution is -2.15. The SMILES string of the molecule is Nc1cccc(C#Cc2cc(C(=O)N=S(=O)(CCCCC(=O)O)CCCCC(=O)O)cnc2N)c1. The van der Waals surface area contributed by atoms with E-state index in [1.54, 1.807) is 24.3 Å². The van der Waals surface area contributed by atoms with Crippen LogP contribution in [0.3, 0.4) is 0 Å². The molecule has 0 atom stereocenters. The average Bonchev–Trinajstić information content (AvgIpc) is 2.79. The van der Waals surface area contributed by atoms with Gasteiger partial charge in [0.25, 0.3) is 5.91 Å². The summed E-state index contributed by atoms with van der Waals surface area (Å²) < 4.78 is 17.3. The molecule has 1 aromatic carbocycles. The van der Waals surface area contributed by atoms with Crippen molar-refractivity contribution in [2.75, 3.05) is 23.0 Å². The fraction of sp³-hybridized carbons (Fsp3) is 0.333. The number of anilines is 2. The third kappa shape index (κ3) is 9.85. The summed E-state index contributed by atoms with van der Waals surface area (Å²) in [5, 5.41) is 17.6. The Balaban J connectivity index is 2.26. The molecule has 0 spiro atoms. The fourth-order valence-electron chi connectivity index (χ4n) is 3.05. The Bertz CT molecular complexity index is 1240. The molecule has 6 N–H and O–H groups in total. The number of amides is 1. The van der Waals surface area contributed by atoms with E-state index in [0.29, 0.717) is 42.5 Å². The summed E-state index contributed by atoms with van der Waals surface area (Å²) in [7, 11) is -3.03. The minimum Gasteiger partial charge on any atom is -0.481 e. The number of nitrogens with zero attached hydrogens (tertiary/aromatic N) is 2. The van der Waals surface area contributed by atoms with Crippen molar-refractivity contribution in [3.8, 4) is 11.8 Å². The maximum absolute atomic E-state index is 13.4. The largest absolute Gasteiger partial charge is 0.481 e. The minimum absolute atomic E-state index is 0.0313. The van der Waals surface area contributed by atoms with Gasteiger partial charge in [0.2, 0.25) is 0 Å². The molecule has 2 aromatic rings. The van der Waals surface area contributed by atoms with E-state index < -0.39 is 27.6 Å². The summed E-state index contributed by atoms with van der Waals surface area (Å²) in [6.45, 7) is 0. The van der Waals surface area contributed by atoms with Gasteiger partial charge in [0.05, 0.1) is 20.9 Å². The number of nitrogen functional groups attached to an aromatic ring is 2. The average molecular weight is 501 g/mol. The van der Waals surface area contributed by atoms with Crippen LogP contribution in [0.4, 0.5) is 11.5 Å². The fourth-order valence-corrected chi connectivity index (χ4v) is 5.16. The van der Waals surface area contributed by atoms with Crippen LogP contribution in [0.15, 0.2) is 40.9 Å². The Hall–Kier alpha value is -3.91. The summed E-state index contributed by atoms with van der Waals surface area (Å²) in [6.07, 6.45) is 2.24. The second-order valence-corrected chi connectivity index (χ2v) is 10.4. The van der Waals surface area contributed by atoms with E-state index in [9.17, 15) is 18.6 Å². The van der Waals surface area contributed by atoms with Gasteiger partial charge in [-0.25, -0.2) is 9.19 Å². The molecule has 0 saturated heterocycles. The Morgan fingerprint density at radius 1 is 0.943 bits per heavy atom. The Kier molecular flexibility index (Phi) is 10.2. The number of aromatic nitrogens is 1.